The van der Waals surface area contributed by atoms with Gasteiger partial charge in [-0.05, 0) is 36.5 Å². The molecule has 2 aromatic heterocycles. The highest BCUT2D eigenvalue weighted by Gasteiger charge is 2.28. The van der Waals surface area contributed by atoms with Crippen molar-refractivity contribution in [2.45, 2.75) is 45.7 Å². The third-order valence-corrected chi connectivity index (χ3v) is 7.35. The zero-order valence-electron chi connectivity index (χ0n) is 20.6. The van der Waals surface area contributed by atoms with E-state index in [1.54, 1.807) is 24.5 Å². The molecule has 3 heterocycles. The Bertz CT molecular complexity index is 1280. The van der Waals surface area contributed by atoms with Crippen LogP contribution < -0.4 is 10.1 Å². The molecule has 1 N–H and O–H groups in total. The number of aryl methyl sites for hydroxylation is 1. The van der Waals surface area contributed by atoms with Gasteiger partial charge in [-0.3, -0.25) is 4.79 Å². The number of carbonyl (C=O) groups is 2. The quantitative estimate of drug-likeness (QED) is 0.482. The van der Waals surface area contributed by atoms with Crippen molar-refractivity contribution in [3.05, 3.63) is 64.1 Å². The summed E-state index contributed by atoms with van der Waals surface area (Å²) in [4.78, 5) is 31.9. The number of nitriles is 1. The molecule has 1 aromatic carbocycles. The number of aromatic nitrogens is 2. The lowest BCUT2D eigenvalue weighted by atomic mass is 9.95. The van der Waals surface area contributed by atoms with E-state index in [1.165, 1.54) is 11.3 Å². The van der Waals surface area contributed by atoms with Crippen LogP contribution in [0.15, 0.2) is 36.9 Å². The van der Waals surface area contributed by atoms with E-state index < -0.39 is 0 Å². The van der Waals surface area contributed by atoms with Gasteiger partial charge in [0.1, 0.15) is 23.4 Å². The fourth-order valence-corrected chi connectivity index (χ4v) is 5.55. The Kier molecular flexibility index (Phi) is 7.90. The van der Waals surface area contributed by atoms with E-state index in [9.17, 15) is 14.9 Å². The second-order valence-corrected chi connectivity index (χ2v) is 9.91. The lowest BCUT2D eigenvalue weighted by Crippen LogP contribution is -2.36. The lowest BCUT2D eigenvalue weighted by Gasteiger charge is -2.26. The third kappa shape index (κ3) is 5.69. The number of amides is 2. The molecule has 3 aromatic rings. The molecule has 0 saturated carbocycles. The first-order valence-electron chi connectivity index (χ1n) is 11.8. The van der Waals surface area contributed by atoms with Crippen LogP contribution in [0.4, 0.5) is 9.80 Å². The number of ether oxygens (including phenoxy) is 2. The molecule has 0 bridgehead atoms. The van der Waals surface area contributed by atoms with E-state index in [0.29, 0.717) is 36.6 Å². The Balaban J connectivity index is 1.38. The molecule has 36 heavy (non-hydrogen) atoms. The SMILES string of the molecule is COc1ccc(C)cc1C(C)CC(=O)Nc1sc2c(c1C#N)CCN(C(=O)OCCn1ccnc1)C2. The summed E-state index contributed by atoms with van der Waals surface area (Å²) in [5.74, 6) is 0.520. The van der Waals surface area contributed by atoms with Crippen molar-refractivity contribution in [1.82, 2.24) is 14.5 Å². The molecule has 0 saturated heterocycles. The van der Waals surface area contributed by atoms with E-state index in [-0.39, 0.29) is 30.9 Å². The number of imidazole rings is 1. The van der Waals surface area contributed by atoms with Crippen LogP contribution in [0.1, 0.15) is 46.4 Å². The Labute approximate surface area is 214 Å². The molecule has 1 aliphatic rings. The molecule has 10 heteroatoms. The smallest absolute Gasteiger partial charge is 0.410 e. The van der Waals surface area contributed by atoms with Gasteiger partial charge < -0.3 is 24.3 Å². The molecular formula is C26H29N5O4S. The molecule has 1 aliphatic heterocycles. The van der Waals surface area contributed by atoms with Crippen LogP contribution in [-0.4, -0.2) is 46.7 Å². The first-order chi connectivity index (χ1) is 17.4. The van der Waals surface area contributed by atoms with Crippen LogP contribution in [0.5, 0.6) is 5.75 Å². The summed E-state index contributed by atoms with van der Waals surface area (Å²) < 4.78 is 12.7. The zero-order chi connectivity index (χ0) is 25.7. The van der Waals surface area contributed by atoms with Crippen LogP contribution in [0.25, 0.3) is 0 Å². The molecule has 9 nitrogen and oxygen atoms in total. The van der Waals surface area contributed by atoms with Gasteiger partial charge in [-0.1, -0.05) is 24.6 Å². The number of nitrogens with zero attached hydrogens (tertiary/aromatic N) is 4. The first kappa shape index (κ1) is 25.3. The molecule has 1 atom stereocenters. The zero-order valence-corrected chi connectivity index (χ0v) is 21.4. The van der Waals surface area contributed by atoms with Crippen molar-refractivity contribution < 1.29 is 19.1 Å². The van der Waals surface area contributed by atoms with Crippen LogP contribution in [-0.2, 0) is 29.0 Å². The second-order valence-electron chi connectivity index (χ2n) is 8.80. The number of hydrogen-bond donors (Lipinski definition) is 1. The number of fused-ring (bicyclic) bond motifs is 1. The monoisotopic (exact) mass is 507 g/mol. The van der Waals surface area contributed by atoms with Crippen molar-refractivity contribution in [3.63, 3.8) is 0 Å². The molecule has 188 valence electrons. The third-order valence-electron chi connectivity index (χ3n) is 6.22. The molecule has 0 spiro atoms. The molecule has 2 amide bonds. The Morgan fingerprint density at radius 1 is 1.36 bits per heavy atom. The minimum absolute atomic E-state index is 0.0624. The summed E-state index contributed by atoms with van der Waals surface area (Å²) in [6.07, 6.45) is 5.56. The molecule has 0 aliphatic carbocycles. The summed E-state index contributed by atoms with van der Waals surface area (Å²) in [5.41, 5.74) is 3.45. The first-order valence-corrected chi connectivity index (χ1v) is 12.6. The summed E-state index contributed by atoms with van der Waals surface area (Å²) in [5, 5.41) is 13.3. The number of rotatable bonds is 8. The highest BCUT2D eigenvalue weighted by Crippen LogP contribution is 2.37. The summed E-state index contributed by atoms with van der Waals surface area (Å²) in [6.45, 7) is 5.58. The van der Waals surface area contributed by atoms with Crippen molar-refractivity contribution >= 4 is 28.3 Å². The number of carbonyl (C=O) groups excluding carboxylic acids is 2. The Hall–Kier alpha value is -3.84. The molecular weight excluding hydrogens is 478 g/mol. The average molecular weight is 508 g/mol. The van der Waals surface area contributed by atoms with Gasteiger partial charge in [0.05, 0.1) is 32.1 Å². The number of hydrogen-bond acceptors (Lipinski definition) is 7. The van der Waals surface area contributed by atoms with Gasteiger partial charge in [0, 0.05) is 30.2 Å². The minimum Gasteiger partial charge on any atom is -0.496 e. The maximum absolute atomic E-state index is 12.9. The topological polar surface area (TPSA) is 109 Å². The summed E-state index contributed by atoms with van der Waals surface area (Å²) in [7, 11) is 1.62. The largest absolute Gasteiger partial charge is 0.496 e. The molecule has 4 rings (SSSR count). The normalized spacial score (nSPS) is 13.4. The Morgan fingerprint density at radius 3 is 2.92 bits per heavy atom. The number of benzene rings is 1. The van der Waals surface area contributed by atoms with Crippen LogP contribution >= 0.6 is 11.3 Å². The maximum atomic E-state index is 12.9. The van der Waals surface area contributed by atoms with E-state index in [4.69, 9.17) is 9.47 Å². The van der Waals surface area contributed by atoms with E-state index in [0.717, 1.165) is 27.3 Å². The molecule has 0 radical (unpaired) electrons. The van der Waals surface area contributed by atoms with Crippen molar-refractivity contribution in [1.29, 1.82) is 5.26 Å². The highest BCUT2D eigenvalue weighted by atomic mass is 32.1. The summed E-state index contributed by atoms with van der Waals surface area (Å²) in [6, 6.07) is 8.17. The number of nitrogens with one attached hydrogen (secondary N) is 1. The van der Waals surface area contributed by atoms with Crippen molar-refractivity contribution in [2.24, 2.45) is 0 Å². The highest BCUT2D eigenvalue weighted by molar-refractivity contribution is 7.16. The van der Waals surface area contributed by atoms with Crippen LogP contribution in [0, 0.1) is 18.3 Å². The number of anilines is 1. The number of thiophene rings is 1. The van der Waals surface area contributed by atoms with Crippen molar-refractivity contribution in [2.75, 3.05) is 25.6 Å². The van der Waals surface area contributed by atoms with Crippen molar-refractivity contribution in [3.8, 4) is 11.8 Å². The predicted molar refractivity (Wildman–Crippen MR) is 136 cm³/mol. The average Bonchev–Trinajstić information content (AvgIpc) is 3.50. The Morgan fingerprint density at radius 2 is 2.19 bits per heavy atom. The summed E-state index contributed by atoms with van der Waals surface area (Å²) >= 11 is 1.35. The van der Waals surface area contributed by atoms with Gasteiger partial charge in [0.2, 0.25) is 5.91 Å². The van der Waals surface area contributed by atoms with E-state index in [1.807, 2.05) is 42.8 Å². The van der Waals surface area contributed by atoms with Gasteiger partial charge in [0.25, 0.3) is 0 Å². The number of methoxy groups -OCH3 is 1. The van der Waals surface area contributed by atoms with Gasteiger partial charge in [-0.25, -0.2) is 9.78 Å². The fourth-order valence-electron chi connectivity index (χ4n) is 4.32. The maximum Gasteiger partial charge on any atom is 0.410 e. The van der Waals surface area contributed by atoms with E-state index >= 15 is 0 Å². The van der Waals surface area contributed by atoms with Gasteiger partial charge in [0.15, 0.2) is 0 Å². The fraction of sp³-hybridized carbons (Fsp3) is 0.385. The lowest BCUT2D eigenvalue weighted by molar-refractivity contribution is -0.116. The molecule has 1 unspecified atom stereocenters. The standard InChI is InChI=1S/C26H29N5O4S/c1-17-4-5-22(34-3)20(12-17)18(2)13-24(32)29-25-21(14-27)19-6-8-31(15-23(19)36-25)26(33)35-11-10-30-9-7-28-16-30/h4-5,7,9,12,16,18H,6,8,10-11,13,15H2,1-3H3,(H,29,32). The van der Waals surface area contributed by atoms with Gasteiger partial charge >= 0.3 is 6.09 Å². The minimum atomic E-state index is -0.390. The van der Waals surface area contributed by atoms with Gasteiger partial charge in [-0.15, -0.1) is 11.3 Å². The van der Waals surface area contributed by atoms with Crippen LogP contribution in [0.3, 0.4) is 0 Å². The predicted octanol–water partition coefficient (Wildman–Crippen LogP) is 4.46. The second kappa shape index (κ2) is 11.3. The van der Waals surface area contributed by atoms with Gasteiger partial charge in [-0.2, -0.15) is 5.26 Å². The van der Waals surface area contributed by atoms with Crippen LogP contribution in [0.2, 0.25) is 0 Å². The molecule has 0 fully saturated rings. The van der Waals surface area contributed by atoms with E-state index in [2.05, 4.69) is 16.4 Å².